The van der Waals surface area contributed by atoms with E-state index in [0.717, 1.165) is 0 Å². The van der Waals surface area contributed by atoms with Crippen LogP contribution in [0.25, 0.3) is 0 Å². The van der Waals surface area contributed by atoms with E-state index in [1.165, 1.54) is 0 Å². The number of aryl methyl sites for hydroxylation is 1. The van der Waals surface area contributed by atoms with Crippen LogP contribution < -0.4 is 5.32 Å². The normalized spacial score (nSPS) is 12.5. The molecule has 0 saturated carbocycles. The SMILES string of the molecule is CC[C@H](CO)NC(=O)c1n[nH]c(C)n1. The molecule has 0 unspecified atom stereocenters. The molecule has 0 saturated heterocycles. The second kappa shape index (κ2) is 4.71. The van der Waals surface area contributed by atoms with Gasteiger partial charge in [-0.3, -0.25) is 9.89 Å². The van der Waals surface area contributed by atoms with Gasteiger partial charge in [-0.15, -0.1) is 5.10 Å². The summed E-state index contributed by atoms with van der Waals surface area (Å²) >= 11 is 0. The highest BCUT2D eigenvalue weighted by molar-refractivity contribution is 5.90. The van der Waals surface area contributed by atoms with Crippen LogP contribution >= 0.6 is 0 Å². The number of aliphatic hydroxyl groups excluding tert-OH is 1. The number of carbonyl (C=O) groups excluding carboxylic acids is 1. The summed E-state index contributed by atoms with van der Waals surface area (Å²) in [6.07, 6.45) is 0.672. The average Bonchev–Trinajstić information content (AvgIpc) is 2.61. The third-order valence-electron chi connectivity index (χ3n) is 1.85. The quantitative estimate of drug-likeness (QED) is 0.614. The van der Waals surface area contributed by atoms with E-state index in [1.807, 2.05) is 6.92 Å². The third kappa shape index (κ3) is 2.53. The van der Waals surface area contributed by atoms with Gasteiger partial charge in [0, 0.05) is 0 Å². The molecule has 0 radical (unpaired) electrons. The Morgan fingerprint density at radius 3 is 2.86 bits per heavy atom. The maximum Gasteiger partial charge on any atom is 0.291 e. The molecule has 0 aliphatic rings. The van der Waals surface area contributed by atoms with Crippen molar-refractivity contribution in [3.05, 3.63) is 11.6 Å². The highest BCUT2D eigenvalue weighted by Gasteiger charge is 2.14. The fourth-order valence-corrected chi connectivity index (χ4v) is 0.971. The minimum atomic E-state index is -0.366. The molecule has 0 fully saturated rings. The Hall–Kier alpha value is -1.43. The van der Waals surface area contributed by atoms with Gasteiger partial charge in [-0.1, -0.05) is 6.92 Å². The van der Waals surface area contributed by atoms with E-state index in [4.69, 9.17) is 5.11 Å². The minimum absolute atomic E-state index is 0.0777. The zero-order chi connectivity index (χ0) is 10.6. The first-order chi connectivity index (χ1) is 6.67. The van der Waals surface area contributed by atoms with Gasteiger partial charge in [0.2, 0.25) is 5.82 Å². The second-order valence-electron chi connectivity index (χ2n) is 3.01. The summed E-state index contributed by atoms with van der Waals surface area (Å²) in [5.41, 5.74) is 0. The number of hydrogen-bond acceptors (Lipinski definition) is 4. The molecule has 1 aromatic rings. The lowest BCUT2D eigenvalue weighted by Gasteiger charge is -2.11. The van der Waals surface area contributed by atoms with E-state index in [1.54, 1.807) is 6.92 Å². The number of rotatable bonds is 4. The summed E-state index contributed by atoms with van der Waals surface area (Å²) in [6, 6.07) is -0.235. The van der Waals surface area contributed by atoms with Crippen LogP contribution in [-0.2, 0) is 0 Å². The van der Waals surface area contributed by atoms with Gasteiger partial charge in [-0.25, -0.2) is 4.98 Å². The minimum Gasteiger partial charge on any atom is -0.394 e. The number of aromatic amines is 1. The number of aliphatic hydroxyl groups is 1. The first-order valence-electron chi connectivity index (χ1n) is 4.48. The number of nitrogens with zero attached hydrogens (tertiary/aromatic N) is 2. The molecule has 6 heteroatoms. The van der Waals surface area contributed by atoms with Crippen molar-refractivity contribution in [3.8, 4) is 0 Å². The Morgan fingerprint density at radius 1 is 1.71 bits per heavy atom. The summed E-state index contributed by atoms with van der Waals surface area (Å²) < 4.78 is 0. The van der Waals surface area contributed by atoms with Gasteiger partial charge in [0.15, 0.2) is 0 Å². The fourth-order valence-electron chi connectivity index (χ4n) is 0.971. The van der Waals surface area contributed by atoms with E-state index in [-0.39, 0.29) is 24.4 Å². The van der Waals surface area contributed by atoms with Crippen LogP contribution in [0.3, 0.4) is 0 Å². The number of nitrogens with one attached hydrogen (secondary N) is 2. The van der Waals surface area contributed by atoms with Crippen molar-refractivity contribution in [1.29, 1.82) is 0 Å². The molecule has 1 amide bonds. The van der Waals surface area contributed by atoms with Crippen molar-refractivity contribution in [1.82, 2.24) is 20.5 Å². The Kier molecular flexibility index (Phi) is 3.58. The lowest BCUT2D eigenvalue weighted by atomic mass is 10.2. The standard InChI is InChI=1S/C8H14N4O2/c1-3-6(4-13)10-8(14)7-9-5(2)11-12-7/h6,13H,3-4H2,1-2H3,(H,10,14)(H,9,11,12)/t6-/m1/s1. The van der Waals surface area contributed by atoms with Crippen LogP contribution in [0.4, 0.5) is 0 Å². The highest BCUT2D eigenvalue weighted by atomic mass is 16.3. The molecule has 0 aliphatic heterocycles. The maximum absolute atomic E-state index is 11.4. The number of amides is 1. The van der Waals surface area contributed by atoms with Gasteiger partial charge in [0.05, 0.1) is 12.6 Å². The van der Waals surface area contributed by atoms with Crippen LogP contribution in [0.5, 0.6) is 0 Å². The van der Waals surface area contributed by atoms with Crippen LogP contribution in [0, 0.1) is 6.92 Å². The van der Waals surface area contributed by atoms with Crippen LogP contribution in [0.2, 0.25) is 0 Å². The van der Waals surface area contributed by atoms with Gasteiger partial charge < -0.3 is 10.4 Å². The predicted molar refractivity (Wildman–Crippen MR) is 49.8 cm³/mol. The van der Waals surface area contributed by atoms with Crippen LogP contribution in [0.15, 0.2) is 0 Å². The van der Waals surface area contributed by atoms with Crippen LogP contribution in [-0.4, -0.2) is 38.8 Å². The summed E-state index contributed by atoms with van der Waals surface area (Å²) in [4.78, 5) is 15.3. The molecule has 3 N–H and O–H groups in total. The summed E-state index contributed by atoms with van der Waals surface area (Å²) in [6.45, 7) is 3.52. The molecular weight excluding hydrogens is 184 g/mol. The molecule has 0 bridgehead atoms. The summed E-state index contributed by atoms with van der Waals surface area (Å²) in [5, 5.41) is 17.8. The van der Waals surface area contributed by atoms with Gasteiger partial charge in [-0.05, 0) is 13.3 Å². The summed E-state index contributed by atoms with van der Waals surface area (Å²) in [5.74, 6) is 0.330. The van der Waals surface area contributed by atoms with Gasteiger partial charge in [0.1, 0.15) is 5.82 Å². The third-order valence-corrected chi connectivity index (χ3v) is 1.85. The Labute approximate surface area is 81.7 Å². The smallest absolute Gasteiger partial charge is 0.291 e. The van der Waals surface area contributed by atoms with Crippen molar-refractivity contribution < 1.29 is 9.90 Å². The van der Waals surface area contributed by atoms with Crippen molar-refractivity contribution in [3.63, 3.8) is 0 Å². The number of carbonyl (C=O) groups is 1. The number of hydrogen-bond donors (Lipinski definition) is 3. The van der Waals surface area contributed by atoms with Crippen molar-refractivity contribution in [2.75, 3.05) is 6.61 Å². The van der Waals surface area contributed by atoms with E-state index in [0.29, 0.717) is 12.2 Å². The lowest BCUT2D eigenvalue weighted by Crippen LogP contribution is -2.37. The van der Waals surface area contributed by atoms with Gasteiger partial charge in [-0.2, -0.15) is 0 Å². The average molecular weight is 198 g/mol. The van der Waals surface area contributed by atoms with Crippen molar-refractivity contribution >= 4 is 5.91 Å². The van der Waals surface area contributed by atoms with E-state index < -0.39 is 0 Å². The van der Waals surface area contributed by atoms with Gasteiger partial charge >= 0.3 is 0 Å². The lowest BCUT2D eigenvalue weighted by molar-refractivity contribution is 0.0904. The Morgan fingerprint density at radius 2 is 2.43 bits per heavy atom. The molecule has 0 aromatic carbocycles. The fraction of sp³-hybridized carbons (Fsp3) is 0.625. The molecule has 1 heterocycles. The van der Waals surface area contributed by atoms with Crippen LogP contribution in [0.1, 0.15) is 29.8 Å². The molecule has 78 valence electrons. The van der Waals surface area contributed by atoms with E-state index in [2.05, 4.69) is 20.5 Å². The van der Waals surface area contributed by atoms with Crippen molar-refractivity contribution in [2.24, 2.45) is 0 Å². The molecule has 1 aromatic heterocycles. The molecule has 0 spiro atoms. The first kappa shape index (κ1) is 10.6. The Balaban J connectivity index is 2.58. The zero-order valence-electron chi connectivity index (χ0n) is 8.24. The monoisotopic (exact) mass is 198 g/mol. The summed E-state index contributed by atoms with van der Waals surface area (Å²) in [7, 11) is 0. The molecule has 1 atom stereocenters. The first-order valence-corrected chi connectivity index (χ1v) is 4.48. The molecule has 1 rings (SSSR count). The topological polar surface area (TPSA) is 90.9 Å². The van der Waals surface area contributed by atoms with E-state index in [9.17, 15) is 4.79 Å². The molecule has 14 heavy (non-hydrogen) atoms. The number of aromatic nitrogens is 3. The predicted octanol–water partition coefficient (Wildman–Crippen LogP) is -0.386. The second-order valence-corrected chi connectivity index (χ2v) is 3.01. The Bertz CT molecular complexity index is 306. The van der Waals surface area contributed by atoms with Crippen molar-refractivity contribution in [2.45, 2.75) is 26.3 Å². The zero-order valence-corrected chi connectivity index (χ0v) is 8.24. The van der Waals surface area contributed by atoms with E-state index >= 15 is 0 Å². The largest absolute Gasteiger partial charge is 0.394 e. The maximum atomic E-state index is 11.4. The van der Waals surface area contributed by atoms with Gasteiger partial charge in [0.25, 0.3) is 5.91 Å². The number of H-pyrrole nitrogens is 1. The molecular formula is C8H14N4O2. The molecule has 6 nitrogen and oxygen atoms in total. The highest BCUT2D eigenvalue weighted by Crippen LogP contribution is 1.94. The molecule has 0 aliphatic carbocycles.